The summed E-state index contributed by atoms with van der Waals surface area (Å²) in [5, 5.41) is 4.88. The van der Waals surface area contributed by atoms with E-state index in [1.54, 1.807) is 12.1 Å². The fourth-order valence-corrected chi connectivity index (χ4v) is 4.22. The molecule has 0 saturated carbocycles. The van der Waals surface area contributed by atoms with Gasteiger partial charge < -0.3 is 14.8 Å². The maximum atomic E-state index is 13.3. The zero-order valence-corrected chi connectivity index (χ0v) is 21.8. The van der Waals surface area contributed by atoms with Crippen LogP contribution in [0.1, 0.15) is 11.1 Å². The second-order valence-electron chi connectivity index (χ2n) is 8.12. The van der Waals surface area contributed by atoms with Crippen LogP contribution in [-0.4, -0.2) is 37.5 Å². The van der Waals surface area contributed by atoms with Crippen LogP contribution in [0.15, 0.2) is 70.7 Å². The average Bonchev–Trinajstić information content (AvgIpc) is 2.88. The van der Waals surface area contributed by atoms with Gasteiger partial charge in [-0.2, -0.15) is 0 Å². The summed E-state index contributed by atoms with van der Waals surface area (Å²) < 4.78 is 24.8. The monoisotopic (exact) mass is 581 g/mol. The highest BCUT2D eigenvalue weighted by Gasteiger charge is 2.37. The molecule has 9 nitrogen and oxygen atoms in total. The topological polar surface area (TPSA) is 114 Å². The van der Waals surface area contributed by atoms with E-state index in [1.807, 2.05) is 25.1 Å². The number of hydrogen-bond acceptors (Lipinski definition) is 6. The summed E-state index contributed by atoms with van der Waals surface area (Å²) >= 11 is 3.38. The SMILES string of the molecule is COc1cc(/C=C2\C(=O)NC(=O)N(c3ccc(F)cc3)C2=O)cc(Br)c1OCC(=O)Nc1ccccc1C. The molecule has 194 valence electrons. The minimum atomic E-state index is -0.949. The summed E-state index contributed by atoms with van der Waals surface area (Å²) in [4.78, 5) is 51.0. The molecule has 0 atom stereocenters. The van der Waals surface area contributed by atoms with E-state index in [4.69, 9.17) is 9.47 Å². The maximum absolute atomic E-state index is 13.3. The predicted octanol–water partition coefficient (Wildman–Crippen LogP) is 4.59. The third kappa shape index (κ3) is 5.73. The van der Waals surface area contributed by atoms with Crippen molar-refractivity contribution in [3.8, 4) is 11.5 Å². The Morgan fingerprint density at radius 2 is 1.82 bits per heavy atom. The minimum absolute atomic E-state index is 0.0961. The summed E-state index contributed by atoms with van der Waals surface area (Å²) in [6.07, 6.45) is 1.28. The Kier molecular flexibility index (Phi) is 7.87. The first kappa shape index (κ1) is 26.6. The number of imide groups is 2. The Labute approximate surface area is 225 Å². The number of para-hydroxylation sites is 1. The molecule has 0 bridgehead atoms. The van der Waals surface area contributed by atoms with Crippen molar-refractivity contribution in [3.63, 3.8) is 0 Å². The number of ether oxygens (including phenoxy) is 2. The van der Waals surface area contributed by atoms with Gasteiger partial charge in [-0.3, -0.25) is 19.7 Å². The Hall–Kier alpha value is -4.51. The number of urea groups is 1. The smallest absolute Gasteiger partial charge is 0.335 e. The molecular formula is C27H21BrFN3O6. The van der Waals surface area contributed by atoms with E-state index in [9.17, 15) is 23.6 Å². The van der Waals surface area contributed by atoms with Crippen LogP contribution in [0, 0.1) is 12.7 Å². The average molecular weight is 582 g/mol. The molecule has 3 aromatic rings. The molecule has 11 heteroatoms. The molecule has 0 unspecified atom stereocenters. The van der Waals surface area contributed by atoms with Gasteiger partial charge >= 0.3 is 6.03 Å². The fraction of sp³-hybridized carbons (Fsp3) is 0.111. The predicted molar refractivity (Wildman–Crippen MR) is 141 cm³/mol. The van der Waals surface area contributed by atoms with E-state index in [-0.39, 0.29) is 35.3 Å². The van der Waals surface area contributed by atoms with Crippen LogP contribution in [0.5, 0.6) is 11.5 Å². The van der Waals surface area contributed by atoms with Gasteiger partial charge in [0.25, 0.3) is 17.7 Å². The number of nitrogens with zero attached hydrogens (tertiary/aromatic N) is 1. The molecule has 0 aliphatic carbocycles. The van der Waals surface area contributed by atoms with Crippen molar-refractivity contribution in [2.75, 3.05) is 23.9 Å². The molecule has 0 spiro atoms. The molecule has 0 radical (unpaired) electrons. The molecule has 1 saturated heterocycles. The number of rotatable bonds is 7. The van der Waals surface area contributed by atoms with Gasteiger partial charge in [-0.1, -0.05) is 18.2 Å². The van der Waals surface area contributed by atoms with Crippen molar-refractivity contribution < 1.29 is 33.0 Å². The van der Waals surface area contributed by atoms with E-state index in [2.05, 4.69) is 26.6 Å². The number of hydrogen-bond donors (Lipinski definition) is 2. The van der Waals surface area contributed by atoms with Gasteiger partial charge in [0.2, 0.25) is 0 Å². The number of amides is 5. The highest BCUT2D eigenvalue weighted by Crippen LogP contribution is 2.37. The van der Waals surface area contributed by atoms with E-state index in [0.717, 1.165) is 22.6 Å². The number of benzene rings is 3. The van der Waals surface area contributed by atoms with Crippen molar-refractivity contribution in [1.82, 2.24) is 5.32 Å². The summed E-state index contributed by atoms with van der Waals surface area (Å²) in [7, 11) is 1.40. The van der Waals surface area contributed by atoms with Gasteiger partial charge in [-0.15, -0.1) is 0 Å². The second-order valence-corrected chi connectivity index (χ2v) is 8.97. The molecule has 4 rings (SSSR count). The van der Waals surface area contributed by atoms with Crippen molar-refractivity contribution >= 4 is 57.1 Å². The van der Waals surface area contributed by atoms with Crippen LogP contribution in [0.4, 0.5) is 20.6 Å². The molecule has 2 N–H and O–H groups in total. The molecule has 1 fully saturated rings. The van der Waals surface area contributed by atoms with Crippen molar-refractivity contribution in [1.29, 1.82) is 0 Å². The van der Waals surface area contributed by atoms with E-state index in [1.165, 1.54) is 31.4 Å². The van der Waals surface area contributed by atoms with Crippen molar-refractivity contribution in [2.45, 2.75) is 6.92 Å². The summed E-state index contributed by atoms with van der Waals surface area (Å²) in [5.41, 5.74) is 1.71. The largest absolute Gasteiger partial charge is 0.493 e. The molecule has 3 aromatic carbocycles. The standard InChI is InChI=1S/C27H21BrFN3O6/c1-15-5-3-4-6-21(15)30-23(33)14-38-24-20(28)12-16(13-22(24)37-2)11-19-25(34)31-27(36)32(26(19)35)18-9-7-17(29)8-10-18/h3-13H,14H2,1-2H3,(H,30,33)(H,31,34,36)/b19-11+. The number of aryl methyl sites for hydroxylation is 1. The first-order valence-electron chi connectivity index (χ1n) is 11.2. The van der Waals surface area contributed by atoms with Crippen molar-refractivity contribution in [3.05, 3.63) is 87.7 Å². The van der Waals surface area contributed by atoms with Gasteiger partial charge in [0.1, 0.15) is 11.4 Å². The van der Waals surface area contributed by atoms with Gasteiger partial charge in [0.05, 0.1) is 17.3 Å². The third-order valence-corrected chi connectivity index (χ3v) is 6.11. The number of methoxy groups -OCH3 is 1. The lowest BCUT2D eigenvalue weighted by Crippen LogP contribution is -2.54. The first-order valence-corrected chi connectivity index (χ1v) is 12.0. The summed E-state index contributed by atoms with van der Waals surface area (Å²) in [6.45, 7) is 1.56. The Morgan fingerprint density at radius 1 is 1.11 bits per heavy atom. The number of halogens is 2. The van der Waals surface area contributed by atoms with E-state index >= 15 is 0 Å². The Morgan fingerprint density at radius 3 is 2.50 bits per heavy atom. The minimum Gasteiger partial charge on any atom is -0.493 e. The molecule has 1 heterocycles. The number of anilines is 2. The van der Waals surface area contributed by atoms with Crippen LogP contribution in [0.3, 0.4) is 0 Å². The number of nitrogens with one attached hydrogen (secondary N) is 2. The lowest BCUT2D eigenvalue weighted by molar-refractivity contribution is -0.122. The van der Waals surface area contributed by atoms with Gasteiger partial charge in [0, 0.05) is 5.69 Å². The zero-order chi connectivity index (χ0) is 27.4. The summed E-state index contributed by atoms with van der Waals surface area (Å²) in [5.74, 6) is -2.23. The molecule has 38 heavy (non-hydrogen) atoms. The molecule has 5 amide bonds. The molecule has 1 aliphatic rings. The molecule has 1 aliphatic heterocycles. The first-order chi connectivity index (χ1) is 18.2. The van der Waals surface area contributed by atoms with Crippen LogP contribution >= 0.6 is 15.9 Å². The Balaban J connectivity index is 1.56. The second kappa shape index (κ2) is 11.3. The molecular weight excluding hydrogens is 561 g/mol. The van der Waals surface area contributed by atoms with Gasteiger partial charge in [-0.25, -0.2) is 14.1 Å². The number of barbiturate groups is 1. The van der Waals surface area contributed by atoms with E-state index < -0.39 is 23.7 Å². The third-order valence-electron chi connectivity index (χ3n) is 5.52. The van der Waals surface area contributed by atoms with Crippen LogP contribution in [0.2, 0.25) is 0 Å². The lowest BCUT2D eigenvalue weighted by atomic mass is 10.1. The van der Waals surface area contributed by atoms with E-state index in [0.29, 0.717) is 15.7 Å². The van der Waals surface area contributed by atoms with Crippen LogP contribution < -0.4 is 25.0 Å². The highest BCUT2D eigenvalue weighted by atomic mass is 79.9. The van der Waals surface area contributed by atoms with Crippen LogP contribution in [0.25, 0.3) is 6.08 Å². The summed E-state index contributed by atoms with van der Waals surface area (Å²) in [6, 6.07) is 14.1. The van der Waals surface area contributed by atoms with Crippen molar-refractivity contribution in [2.24, 2.45) is 0 Å². The lowest BCUT2D eigenvalue weighted by Gasteiger charge is -2.26. The number of carbonyl (C=O) groups excluding carboxylic acids is 4. The highest BCUT2D eigenvalue weighted by molar-refractivity contribution is 9.10. The van der Waals surface area contributed by atoms with Crippen LogP contribution in [-0.2, 0) is 14.4 Å². The van der Waals surface area contributed by atoms with Gasteiger partial charge in [-0.05, 0) is 82.5 Å². The quantitative estimate of drug-likeness (QED) is 0.311. The maximum Gasteiger partial charge on any atom is 0.335 e. The Bertz CT molecular complexity index is 1470. The number of carbonyl (C=O) groups is 4. The fourth-order valence-electron chi connectivity index (χ4n) is 3.65. The van der Waals surface area contributed by atoms with Gasteiger partial charge in [0.15, 0.2) is 18.1 Å². The zero-order valence-electron chi connectivity index (χ0n) is 20.2. The molecule has 0 aromatic heterocycles. The normalized spacial score (nSPS) is 14.4.